The molecule has 106 valence electrons. The third kappa shape index (κ3) is 3.22. The second-order valence-corrected chi connectivity index (χ2v) is 7.91. The molecule has 2 aliphatic rings. The fourth-order valence-electron chi connectivity index (χ4n) is 3.01. The van der Waals surface area contributed by atoms with Gasteiger partial charge in [-0.15, -0.1) is 11.3 Å². The van der Waals surface area contributed by atoms with Crippen molar-refractivity contribution in [2.45, 2.75) is 50.5 Å². The van der Waals surface area contributed by atoms with Crippen molar-refractivity contribution in [3.8, 4) is 0 Å². The first-order valence-electron chi connectivity index (χ1n) is 6.96. The van der Waals surface area contributed by atoms with Gasteiger partial charge < -0.3 is 14.8 Å². The van der Waals surface area contributed by atoms with Gasteiger partial charge in [-0.1, -0.05) is 0 Å². The molecule has 1 aliphatic carbocycles. The first-order chi connectivity index (χ1) is 9.17. The number of thiophene rings is 1. The van der Waals surface area contributed by atoms with Gasteiger partial charge in [-0.05, 0) is 47.8 Å². The highest BCUT2D eigenvalue weighted by molar-refractivity contribution is 9.11. The van der Waals surface area contributed by atoms with Crippen LogP contribution in [0.4, 0.5) is 0 Å². The standard InChI is InChI=1S/C14H20BrNO2S/c1-10(12-2-3-13(15)19-12)16-11-4-6-14(7-5-11)17-8-9-18-14/h2-3,10-11,16H,4-9H2,1H3/t10-/m0/s1. The molecule has 2 heterocycles. The Morgan fingerprint density at radius 1 is 1.32 bits per heavy atom. The van der Waals surface area contributed by atoms with Gasteiger partial charge in [0.25, 0.3) is 0 Å². The van der Waals surface area contributed by atoms with Gasteiger partial charge in [0.05, 0.1) is 17.0 Å². The lowest BCUT2D eigenvalue weighted by molar-refractivity contribution is -0.179. The molecule has 1 saturated heterocycles. The average molecular weight is 346 g/mol. The Morgan fingerprint density at radius 2 is 2.00 bits per heavy atom. The van der Waals surface area contributed by atoms with Crippen molar-refractivity contribution in [2.75, 3.05) is 13.2 Å². The van der Waals surface area contributed by atoms with Crippen LogP contribution in [0.25, 0.3) is 0 Å². The summed E-state index contributed by atoms with van der Waals surface area (Å²) in [5.74, 6) is -0.243. The van der Waals surface area contributed by atoms with E-state index in [1.165, 1.54) is 8.66 Å². The minimum absolute atomic E-state index is 0.243. The zero-order valence-corrected chi connectivity index (χ0v) is 13.6. The lowest BCUT2D eigenvalue weighted by Gasteiger charge is -2.36. The normalized spacial score (nSPS) is 24.9. The van der Waals surface area contributed by atoms with Crippen molar-refractivity contribution >= 4 is 27.3 Å². The van der Waals surface area contributed by atoms with Crippen LogP contribution in [0.5, 0.6) is 0 Å². The quantitative estimate of drug-likeness (QED) is 0.902. The van der Waals surface area contributed by atoms with Gasteiger partial charge in [0.1, 0.15) is 0 Å². The van der Waals surface area contributed by atoms with Gasteiger partial charge in [0.15, 0.2) is 5.79 Å². The predicted molar refractivity (Wildman–Crippen MR) is 80.5 cm³/mol. The topological polar surface area (TPSA) is 30.5 Å². The van der Waals surface area contributed by atoms with Crippen molar-refractivity contribution in [3.05, 3.63) is 20.8 Å². The van der Waals surface area contributed by atoms with E-state index in [1.807, 2.05) is 11.3 Å². The number of rotatable bonds is 3. The molecule has 0 bridgehead atoms. The lowest BCUT2D eigenvalue weighted by atomic mass is 9.89. The maximum Gasteiger partial charge on any atom is 0.168 e. The molecule has 0 radical (unpaired) electrons. The van der Waals surface area contributed by atoms with Crippen molar-refractivity contribution in [3.63, 3.8) is 0 Å². The number of ether oxygens (including phenoxy) is 2. The summed E-state index contributed by atoms with van der Waals surface area (Å²) in [5, 5.41) is 3.73. The number of hydrogen-bond donors (Lipinski definition) is 1. The van der Waals surface area contributed by atoms with Crippen LogP contribution in [-0.2, 0) is 9.47 Å². The third-order valence-corrected chi connectivity index (χ3v) is 5.87. The molecule has 0 unspecified atom stereocenters. The minimum atomic E-state index is -0.243. The fraction of sp³-hybridized carbons (Fsp3) is 0.714. The summed E-state index contributed by atoms with van der Waals surface area (Å²) in [5.41, 5.74) is 0. The molecule has 1 aliphatic heterocycles. The molecule has 1 aromatic rings. The van der Waals surface area contributed by atoms with Crippen molar-refractivity contribution in [1.29, 1.82) is 0 Å². The van der Waals surface area contributed by atoms with E-state index in [0.717, 1.165) is 38.9 Å². The number of halogens is 1. The van der Waals surface area contributed by atoms with E-state index in [9.17, 15) is 0 Å². The van der Waals surface area contributed by atoms with Crippen LogP contribution in [0.2, 0.25) is 0 Å². The third-order valence-electron chi connectivity index (χ3n) is 4.07. The molecule has 3 rings (SSSR count). The Bertz CT molecular complexity index is 421. The van der Waals surface area contributed by atoms with Crippen LogP contribution in [-0.4, -0.2) is 25.0 Å². The molecule has 1 aromatic heterocycles. The van der Waals surface area contributed by atoms with Gasteiger partial charge >= 0.3 is 0 Å². The highest BCUT2D eigenvalue weighted by Gasteiger charge is 2.40. The number of hydrogen-bond acceptors (Lipinski definition) is 4. The SMILES string of the molecule is C[C@H](NC1CCC2(CC1)OCCO2)c1ccc(Br)s1. The summed E-state index contributed by atoms with van der Waals surface area (Å²) in [4.78, 5) is 1.39. The highest BCUT2D eigenvalue weighted by atomic mass is 79.9. The molecule has 0 amide bonds. The van der Waals surface area contributed by atoms with Gasteiger partial charge in [0.2, 0.25) is 0 Å². The molecule has 1 spiro atoms. The molecule has 19 heavy (non-hydrogen) atoms. The first-order valence-corrected chi connectivity index (χ1v) is 8.57. The van der Waals surface area contributed by atoms with Gasteiger partial charge in [-0.2, -0.15) is 0 Å². The van der Waals surface area contributed by atoms with Crippen LogP contribution >= 0.6 is 27.3 Å². The molecular formula is C14H20BrNO2S. The fourth-order valence-corrected chi connectivity index (χ4v) is 4.44. The van der Waals surface area contributed by atoms with Crippen LogP contribution in [0.3, 0.4) is 0 Å². The lowest BCUT2D eigenvalue weighted by Crippen LogP contribution is -2.42. The second kappa shape index (κ2) is 5.82. The largest absolute Gasteiger partial charge is 0.348 e. The van der Waals surface area contributed by atoms with E-state index in [-0.39, 0.29) is 5.79 Å². The number of nitrogens with one attached hydrogen (secondary N) is 1. The molecule has 2 fully saturated rings. The monoisotopic (exact) mass is 345 g/mol. The first kappa shape index (κ1) is 14.0. The van der Waals surface area contributed by atoms with E-state index in [4.69, 9.17) is 9.47 Å². The van der Waals surface area contributed by atoms with E-state index >= 15 is 0 Å². The van der Waals surface area contributed by atoms with E-state index in [1.54, 1.807) is 0 Å². The Morgan fingerprint density at radius 3 is 2.58 bits per heavy atom. The summed E-state index contributed by atoms with van der Waals surface area (Å²) in [6.45, 7) is 3.76. The molecule has 5 heteroatoms. The summed E-state index contributed by atoms with van der Waals surface area (Å²) in [7, 11) is 0. The summed E-state index contributed by atoms with van der Waals surface area (Å²) >= 11 is 5.33. The maximum atomic E-state index is 5.77. The molecule has 1 atom stereocenters. The van der Waals surface area contributed by atoms with Crippen LogP contribution in [0, 0.1) is 0 Å². The zero-order chi connectivity index (χ0) is 13.3. The molecule has 1 saturated carbocycles. The maximum absolute atomic E-state index is 5.77. The van der Waals surface area contributed by atoms with Crippen LogP contribution < -0.4 is 5.32 Å². The van der Waals surface area contributed by atoms with Crippen LogP contribution in [0.15, 0.2) is 15.9 Å². The van der Waals surface area contributed by atoms with E-state index in [0.29, 0.717) is 12.1 Å². The van der Waals surface area contributed by atoms with Crippen molar-refractivity contribution in [2.24, 2.45) is 0 Å². The Labute approximate surface area is 126 Å². The van der Waals surface area contributed by atoms with E-state index in [2.05, 4.69) is 40.3 Å². The molecule has 3 nitrogen and oxygen atoms in total. The van der Waals surface area contributed by atoms with Crippen LogP contribution in [0.1, 0.15) is 43.5 Å². The smallest absolute Gasteiger partial charge is 0.168 e. The predicted octanol–water partition coefficient (Wildman–Crippen LogP) is 3.85. The summed E-state index contributed by atoms with van der Waals surface area (Å²) in [6, 6.07) is 5.31. The molecule has 0 aromatic carbocycles. The molecular weight excluding hydrogens is 326 g/mol. The Kier molecular flexibility index (Phi) is 4.29. The van der Waals surface area contributed by atoms with E-state index < -0.39 is 0 Å². The van der Waals surface area contributed by atoms with Gasteiger partial charge in [0, 0.05) is 29.8 Å². The highest BCUT2D eigenvalue weighted by Crippen LogP contribution is 2.36. The zero-order valence-electron chi connectivity index (χ0n) is 11.2. The van der Waals surface area contributed by atoms with Crippen molar-refractivity contribution < 1.29 is 9.47 Å². The second-order valence-electron chi connectivity index (χ2n) is 5.41. The molecule has 1 N–H and O–H groups in total. The Hall–Kier alpha value is 0.0600. The average Bonchev–Trinajstić information content (AvgIpc) is 3.02. The Balaban J connectivity index is 1.52. The minimum Gasteiger partial charge on any atom is -0.348 e. The summed E-state index contributed by atoms with van der Waals surface area (Å²) < 4.78 is 12.7. The summed E-state index contributed by atoms with van der Waals surface area (Å²) in [6.07, 6.45) is 4.31. The van der Waals surface area contributed by atoms with Crippen molar-refractivity contribution in [1.82, 2.24) is 5.32 Å². The van der Waals surface area contributed by atoms with Gasteiger partial charge in [-0.25, -0.2) is 0 Å². The van der Waals surface area contributed by atoms with Gasteiger partial charge in [-0.3, -0.25) is 0 Å².